The lowest BCUT2D eigenvalue weighted by Gasteiger charge is -2.22. The molecule has 0 aromatic heterocycles. The highest BCUT2D eigenvalue weighted by molar-refractivity contribution is 7.92. The van der Waals surface area contributed by atoms with Gasteiger partial charge in [-0.25, -0.2) is 8.42 Å². The van der Waals surface area contributed by atoms with Gasteiger partial charge in [0.25, 0.3) is 0 Å². The van der Waals surface area contributed by atoms with Crippen molar-refractivity contribution in [1.82, 2.24) is 5.32 Å². The molecule has 6 nitrogen and oxygen atoms in total. The van der Waals surface area contributed by atoms with E-state index in [4.69, 9.17) is 16.3 Å². The minimum atomic E-state index is -3.60. The van der Waals surface area contributed by atoms with Gasteiger partial charge in [-0.2, -0.15) is 0 Å². The van der Waals surface area contributed by atoms with Crippen molar-refractivity contribution in [2.24, 2.45) is 0 Å². The molecule has 2 aromatic carbocycles. The van der Waals surface area contributed by atoms with Crippen LogP contribution in [0.25, 0.3) is 0 Å². The van der Waals surface area contributed by atoms with Gasteiger partial charge in [0.2, 0.25) is 15.9 Å². The summed E-state index contributed by atoms with van der Waals surface area (Å²) < 4.78 is 30.8. The van der Waals surface area contributed by atoms with Crippen molar-refractivity contribution >= 4 is 33.2 Å². The van der Waals surface area contributed by atoms with Gasteiger partial charge in [0.05, 0.1) is 18.6 Å². The molecule has 28 heavy (non-hydrogen) atoms. The van der Waals surface area contributed by atoms with Gasteiger partial charge in [-0.1, -0.05) is 29.8 Å². The van der Waals surface area contributed by atoms with Crippen LogP contribution in [0.2, 0.25) is 5.02 Å². The number of aryl methyl sites for hydroxylation is 1. The number of rotatable bonds is 10. The molecule has 152 valence electrons. The quantitative estimate of drug-likeness (QED) is 0.594. The van der Waals surface area contributed by atoms with Gasteiger partial charge in [-0.05, 0) is 55.7 Å². The van der Waals surface area contributed by atoms with Crippen molar-refractivity contribution < 1.29 is 17.9 Å². The molecule has 0 aliphatic carbocycles. The van der Waals surface area contributed by atoms with Crippen molar-refractivity contribution in [2.75, 3.05) is 30.3 Å². The van der Waals surface area contributed by atoms with Gasteiger partial charge in [0, 0.05) is 11.6 Å². The Morgan fingerprint density at radius 1 is 1.14 bits per heavy atom. The minimum absolute atomic E-state index is 0.282. The van der Waals surface area contributed by atoms with Crippen LogP contribution in [-0.4, -0.2) is 40.3 Å². The van der Waals surface area contributed by atoms with E-state index in [0.717, 1.165) is 34.7 Å². The first-order valence-electron chi connectivity index (χ1n) is 9.02. The van der Waals surface area contributed by atoms with Crippen molar-refractivity contribution in [3.63, 3.8) is 0 Å². The molecule has 0 aliphatic heterocycles. The largest absolute Gasteiger partial charge is 0.494 e. The van der Waals surface area contributed by atoms with Crippen molar-refractivity contribution in [3.8, 4) is 5.75 Å². The Kier molecular flexibility index (Phi) is 8.14. The third-order valence-corrected chi connectivity index (χ3v) is 5.41. The predicted molar refractivity (Wildman–Crippen MR) is 113 cm³/mol. The average Bonchev–Trinajstić information content (AvgIpc) is 2.65. The molecule has 2 rings (SSSR count). The molecule has 1 amide bonds. The normalized spacial score (nSPS) is 11.1. The maximum atomic E-state index is 12.3. The highest BCUT2D eigenvalue weighted by atomic mass is 35.5. The highest BCUT2D eigenvalue weighted by Gasteiger charge is 2.20. The summed E-state index contributed by atoms with van der Waals surface area (Å²) in [4.78, 5) is 12.3. The number of nitrogens with one attached hydrogen (secondary N) is 1. The summed E-state index contributed by atoms with van der Waals surface area (Å²) >= 11 is 5.85. The molecular weight excluding hydrogens is 400 g/mol. The fourth-order valence-corrected chi connectivity index (χ4v) is 3.69. The number of benzene rings is 2. The number of ether oxygens (including phenoxy) is 1. The Labute approximate surface area is 171 Å². The Hall–Kier alpha value is -2.25. The Morgan fingerprint density at radius 2 is 1.82 bits per heavy atom. The van der Waals surface area contributed by atoms with Crippen LogP contribution in [0.4, 0.5) is 5.69 Å². The standard InChI is InChI=1S/C20H25ClN2O4S/c1-3-27-19-9-5-4-7-16(19)8-6-14-22-20(24)15-23(28(2,25)26)18-12-10-17(21)11-13-18/h4-5,7,9-13H,3,6,8,14-15H2,1-2H3,(H,22,24). The van der Waals surface area contributed by atoms with E-state index in [1.165, 1.54) is 0 Å². The van der Waals surface area contributed by atoms with Crippen molar-refractivity contribution in [3.05, 3.63) is 59.1 Å². The number of halogens is 1. The number of sulfonamides is 1. The summed E-state index contributed by atoms with van der Waals surface area (Å²) in [5.74, 6) is 0.487. The number of anilines is 1. The molecule has 2 aromatic rings. The molecule has 0 saturated heterocycles. The summed E-state index contributed by atoms with van der Waals surface area (Å²) in [5, 5.41) is 3.27. The van der Waals surface area contributed by atoms with E-state index in [1.54, 1.807) is 24.3 Å². The summed E-state index contributed by atoms with van der Waals surface area (Å²) in [6.45, 7) is 2.69. The van der Waals surface area contributed by atoms with Crippen LogP contribution < -0.4 is 14.4 Å². The maximum Gasteiger partial charge on any atom is 0.240 e. The topological polar surface area (TPSA) is 75.7 Å². The molecule has 0 fully saturated rings. The van der Waals surface area contributed by atoms with E-state index in [0.29, 0.717) is 23.9 Å². The SMILES string of the molecule is CCOc1ccccc1CCCNC(=O)CN(c1ccc(Cl)cc1)S(C)(=O)=O. The van der Waals surface area contributed by atoms with Crippen LogP contribution in [0.15, 0.2) is 48.5 Å². The molecule has 0 spiro atoms. The zero-order valence-corrected chi connectivity index (χ0v) is 17.6. The number of para-hydroxylation sites is 1. The van der Waals surface area contributed by atoms with E-state index >= 15 is 0 Å². The first kappa shape index (κ1) is 22.0. The van der Waals surface area contributed by atoms with Crippen molar-refractivity contribution in [2.45, 2.75) is 19.8 Å². The second kappa shape index (κ2) is 10.3. The molecule has 0 saturated carbocycles. The van der Waals surface area contributed by atoms with Crippen LogP contribution in [0.5, 0.6) is 5.75 Å². The monoisotopic (exact) mass is 424 g/mol. The number of carbonyl (C=O) groups excluding carboxylic acids is 1. The van der Waals surface area contributed by atoms with E-state index in [9.17, 15) is 13.2 Å². The van der Waals surface area contributed by atoms with Gasteiger partial charge < -0.3 is 10.1 Å². The fourth-order valence-electron chi connectivity index (χ4n) is 2.71. The van der Waals surface area contributed by atoms with Crippen LogP contribution in [-0.2, 0) is 21.2 Å². The average molecular weight is 425 g/mol. The number of carbonyl (C=O) groups is 1. The van der Waals surface area contributed by atoms with Gasteiger partial charge in [0.15, 0.2) is 0 Å². The highest BCUT2D eigenvalue weighted by Crippen LogP contribution is 2.21. The summed E-state index contributed by atoms with van der Waals surface area (Å²) in [5.41, 5.74) is 1.48. The fraction of sp³-hybridized carbons (Fsp3) is 0.350. The zero-order valence-electron chi connectivity index (χ0n) is 16.0. The number of amides is 1. The molecule has 0 aliphatic rings. The van der Waals surface area contributed by atoms with Crippen molar-refractivity contribution in [1.29, 1.82) is 0 Å². The lowest BCUT2D eigenvalue weighted by atomic mass is 10.1. The van der Waals surface area contributed by atoms with E-state index in [1.807, 2.05) is 31.2 Å². The second-order valence-electron chi connectivity index (χ2n) is 6.24. The molecule has 1 N–H and O–H groups in total. The van der Waals surface area contributed by atoms with E-state index < -0.39 is 10.0 Å². The molecule has 0 radical (unpaired) electrons. The molecule has 0 bridgehead atoms. The van der Waals surface area contributed by atoms with Gasteiger partial charge in [0.1, 0.15) is 12.3 Å². The third-order valence-electron chi connectivity index (χ3n) is 4.02. The summed E-state index contributed by atoms with van der Waals surface area (Å²) in [7, 11) is -3.60. The molecule has 0 heterocycles. The van der Waals surface area contributed by atoms with Gasteiger partial charge in [-0.15, -0.1) is 0 Å². The number of nitrogens with zero attached hydrogens (tertiary/aromatic N) is 1. The van der Waals surface area contributed by atoms with E-state index in [2.05, 4.69) is 5.32 Å². The number of hydrogen-bond acceptors (Lipinski definition) is 4. The lowest BCUT2D eigenvalue weighted by molar-refractivity contribution is -0.119. The third kappa shape index (κ3) is 6.73. The van der Waals surface area contributed by atoms with Crippen LogP contribution in [0.1, 0.15) is 18.9 Å². The Morgan fingerprint density at radius 3 is 2.46 bits per heavy atom. The summed E-state index contributed by atoms with van der Waals surface area (Å²) in [6.07, 6.45) is 2.54. The van der Waals surface area contributed by atoms with Crippen LogP contribution in [0, 0.1) is 0 Å². The van der Waals surface area contributed by atoms with Gasteiger partial charge in [-0.3, -0.25) is 9.10 Å². The minimum Gasteiger partial charge on any atom is -0.494 e. The Balaban J connectivity index is 1.89. The first-order chi connectivity index (χ1) is 13.3. The lowest BCUT2D eigenvalue weighted by Crippen LogP contribution is -2.40. The summed E-state index contributed by atoms with van der Waals surface area (Å²) in [6, 6.07) is 14.1. The smallest absolute Gasteiger partial charge is 0.240 e. The van der Waals surface area contributed by atoms with Crippen LogP contribution >= 0.6 is 11.6 Å². The predicted octanol–water partition coefficient (Wildman–Crippen LogP) is 3.25. The molecule has 0 unspecified atom stereocenters. The molecular formula is C20H25ClN2O4S. The molecule has 8 heteroatoms. The Bertz CT molecular complexity index is 885. The van der Waals surface area contributed by atoms with Crippen LogP contribution in [0.3, 0.4) is 0 Å². The number of hydrogen-bond donors (Lipinski definition) is 1. The molecule has 0 atom stereocenters. The van der Waals surface area contributed by atoms with E-state index in [-0.39, 0.29) is 12.5 Å². The zero-order chi connectivity index (χ0) is 20.6. The van der Waals surface area contributed by atoms with Gasteiger partial charge >= 0.3 is 0 Å². The second-order valence-corrected chi connectivity index (χ2v) is 8.58. The first-order valence-corrected chi connectivity index (χ1v) is 11.2. The maximum absolute atomic E-state index is 12.3.